The number of nitrogens with one attached hydrogen (secondary N) is 1. The Morgan fingerprint density at radius 2 is 1.71 bits per heavy atom. The Bertz CT molecular complexity index is 525. The van der Waals surface area contributed by atoms with Crippen LogP contribution in [-0.2, 0) is 16.0 Å². The largest absolute Gasteiger partial charge is 1.00 e. The van der Waals surface area contributed by atoms with Crippen molar-refractivity contribution in [2.75, 3.05) is 0 Å². The van der Waals surface area contributed by atoms with Crippen molar-refractivity contribution in [3.8, 4) is 0 Å². The Labute approximate surface area is 166 Å². The molecule has 1 amide bonds. The molecule has 0 bridgehead atoms. The first-order chi connectivity index (χ1) is 11.0. The second kappa shape index (κ2) is 10.2. The Hall–Kier alpha value is -0.840. The minimum absolute atomic E-state index is 0. The third kappa shape index (κ3) is 6.23. The molecular formula is C19H26NNaO3. The molecule has 1 atom stereocenters. The third-order valence-electron chi connectivity index (χ3n) is 4.97. The average Bonchev–Trinajstić information content (AvgIpc) is 2.55. The molecule has 0 aromatic heterocycles. The number of hydrogen-bond acceptors (Lipinski definition) is 3. The summed E-state index contributed by atoms with van der Waals surface area (Å²) in [6, 6.07) is 8.34. The first-order valence-corrected chi connectivity index (χ1v) is 8.52. The van der Waals surface area contributed by atoms with E-state index >= 15 is 0 Å². The van der Waals surface area contributed by atoms with E-state index in [4.69, 9.17) is 0 Å². The van der Waals surface area contributed by atoms with Gasteiger partial charge in [-0.2, -0.15) is 0 Å². The van der Waals surface area contributed by atoms with Crippen molar-refractivity contribution in [3.63, 3.8) is 0 Å². The van der Waals surface area contributed by atoms with Crippen LogP contribution in [0.2, 0.25) is 0 Å². The molecule has 1 saturated carbocycles. The Morgan fingerprint density at radius 3 is 2.21 bits per heavy atom. The van der Waals surface area contributed by atoms with Gasteiger partial charge >= 0.3 is 29.6 Å². The quantitative estimate of drug-likeness (QED) is 0.671. The molecule has 0 heterocycles. The van der Waals surface area contributed by atoms with Gasteiger partial charge < -0.3 is 15.2 Å². The van der Waals surface area contributed by atoms with Gasteiger partial charge in [0.25, 0.3) is 0 Å². The maximum Gasteiger partial charge on any atom is 1.00 e. The number of amides is 1. The van der Waals surface area contributed by atoms with Gasteiger partial charge in [0, 0.05) is 5.92 Å². The van der Waals surface area contributed by atoms with Gasteiger partial charge in [-0.15, -0.1) is 0 Å². The number of hydrogen-bond donors (Lipinski definition) is 1. The summed E-state index contributed by atoms with van der Waals surface area (Å²) in [5.41, 5.74) is 0.880. The number of carboxylic acid groups (broad SMARTS) is 1. The van der Waals surface area contributed by atoms with E-state index in [1.165, 1.54) is 0 Å². The van der Waals surface area contributed by atoms with Gasteiger partial charge in [0.05, 0.1) is 12.0 Å². The zero-order valence-electron chi connectivity index (χ0n) is 15.0. The predicted molar refractivity (Wildman–Crippen MR) is 87.4 cm³/mol. The minimum Gasteiger partial charge on any atom is -0.548 e. The van der Waals surface area contributed by atoms with Gasteiger partial charge in [-0.25, -0.2) is 0 Å². The van der Waals surface area contributed by atoms with E-state index in [-0.39, 0.29) is 47.8 Å². The molecule has 1 aliphatic carbocycles. The molecule has 0 saturated heterocycles. The van der Waals surface area contributed by atoms with Gasteiger partial charge in [0.1, 0.15) is 0 Å². The molecule has 1 fully saturated rings. The first-order valence-electron chi connectivity index (χ1n) is 8.52. The molecule has 2 rings (SSSR count). The second-order valence-electron chi connectivity index (χ2n) is 6.93. The van der Waals surface area contributed by atoms with E-state index in [0.29, 0.717) is 11.8 Å². The van der Waals surface area contributed by atoms with Crippen molar-refractivity contribution < 1.29 is 44.3 Å². The maximum atomic E-state index is 12.4. The Morgan fingerprint density at radius 1 is 1.12 bits per heavy atom. The summed E-state index contributed by atoms with van der Waals surface area (Å²) < 4.78 is 0. The predicted octanol–water partition coefficient (Wildman–Crippen LogP) is -1.07. The van der Waals surface area contributed by atoms with Gasteiger partial charge in [0.2, 0.25) is 5.91 Å². The van der Waals surface area contributed by atoms with Crippen molar-refractivity contribution in [2.45, 2.75) is 52.0 Å². The topological polar surface area (TPSA) is 69.2 Å². The van der Waals surface area contributed by atoms with Gasteiger partial charge in [-0.3, -0.25) is 4.79 Å². The van der Waals surface area contributed by atoms with Crippen LogP contribution in [0.5, 0.6) is 0 Å². The Balaban J connectivity index is 0.00000288. The van der Waals surface area contributed by atoms with Gasteiger partial charge in [-0.1, -0.05) is 44.2 Å². The Kier molecular flexibility index (Phi) is 9.03. The minimum atomic E-state index is -1.22. The molecule has 0 radical (unpaired) electrons. The number of aliphatic carboxylic acids is 1. The third-order valence-corrected chi connectivity index (χ3v) is 4.97. The van der Waals surface area contributed by atoms with E-state index in [2.05, 4.69) is 19.2 Å². The molecule has 1 aromatic rings. The summed E-state index contributed by atoms with van der Waals surface area (Å²) in [6.45, 7) is 4.44. The van der Waals surface area contributed by atoms with E-state index in [1.54, 1.807) is 0 Å². The number of carbonyl (C=O) groups excluding carboxylic acids is 2. The summed E-state index contributed by atoms with van der Waals surface area (Å²) >= 11 is 0. The molecular weight excluding hydrogens is 313 g/mol. The van der Waals surface area contributed by atoms with Crippen LogP contribution in [-0.4, -0.2) is 17.9 Å². The van der Waals surface area contributed by atoms with E-state index in [0.717, 1.165) is 31.2 Å². The summed E-state index contributed by atoms with van der Waals surface area (Å²) in [4.78, 5) is 23.7. The van der Waals surface area contributed by atoms with Crippen molar-refractivity contribution in [2.24, 2.45) is 17.8 Å². The molecule has 0 spiro atoms. The van der Waals surface area contributed by atoms with Crippen LogP contribution in [0.4, 0.5) is 0 Å². The van der Waals surface area contributed by atoms with Crippen molar-refractivity contribution in [3.05, 3.63) is 35.9 Å². The summed E-state index contributed by atoms with van der Waals surface area (Å²) in [5, 5.41) is 14.0. The van der Waals surface area contributed by atoms with E-state index < -0.39 is 12.0 Å². The standard InChI is InChI=1S/C19H27NO3.Na/c1-13(2)15-8-10-16(11-9-15)18(21)20-17(19(22)23)12-14-6-4-3-5-7-14;/h3-7,13,15-17H,8-12H2,1-2H3,(H,20,21)(H,22,23);/q;+1/p-1/t15?,16?,17-;/m1./s1. The van der Waals surface area contributed by atoms with Crippen LogP contribution in [0.25, 0.3) is 0 Å². The number of rotatable bonds is 6. The fraction of sp³-hybridized carbons (Fsp3) is 0.579. The van der Waals surface area contributed by atoms with Crippen LogP contribution < -0.4 is 40.0 Å². The fourth-order valence-electron chi connectivity index (χ4n) is 3.38. The molecule has 4 nitrogen and oxygen atoms in total. The van der Waals surface area contributed by atoms with Crippen LogP contribution in [0, 0.1) is 17.8 Å². The fourth-order valence-corrected chi connectivity index (χ4v) is 3.38. The monoisotopic (exact) mass is 339 g/mol. The van der Waals surface area contributed by atoms with Crippen LogP contribution in [0.3, 0.4) is 0 Å². The van der Waals surface area contributed by atoms with Crippen LogP contribution in [0.15, 0.2) is 30.3 Å². The summed E-state index contributed by atoms with van der Waals surface area (Å²) in [6.07, 6.45) is 4.05. The van der Waals surface area contributed by atoms with Crippen molar-refractivity contribution in [1.82, 2.24) is 5.32 Å². The van der Waals surface area contributed by atoms with Crippen molar-refractivity contribution in [1.29, 1.82) is 0 Å². The normalized spacial score (nSPS) is 21.6. The molecule has 5 heteroatoms. The SMILES string of the molecule is CC(C)C1CCC(C(=O)N[C@H](Cc2ccccc2)C(=O)[O-])CC1.[Na+]. The van der Waals surface area contributed by atoms with Gasteiger partial charge in [-0.05, 0) is 49.5 Å². The first kappa shape index (κ1) is 21.2. The zero-order valence-corrected chi connectivity index (χ0v) is 17.0. The van der Waals surface area contributed by atoms with E-state index in [9.17, 15) is 14.7 Å². The average molecular weight is 339 g/mol. The number of carboxylic acids is 1. The molecule has 1 aliphatic rings. The van der Waals surface area contributed by atoms with Crippen LogP contribution in [0.1, 0.15) is 45.1 Å². The number of carbonyl (C=O) groups is 2. The molecule has 1 N–H and O–H groups in total. The zero-order chi connectivity index (χ0) is 16.8. The summed E-state index contributed by atoms with van der Waals surface area (Å²) in [5.74, 6) is -0.105. The van der Waals surface area contributed by atoms with Gasteiger partial charge in [0.15, 0.2) is 0 Å². The molecule has 1 aromatic carbocycles. The smallest absolute Gasteiger partial charge is 0.548 e. The molecule has 0 unspecified atom stereocenters. The van der Waals surface area contributed by atoms with Crippen molar-refractivity contribution >= 4 is 11.9 Å². The molecule has 0 aliphatic heterocycles. The molecule has 24 heavy (non-hydrogen) atoms. The van der Waals surface area contributed by atoms with E-state index in [1.807, 2.05) is 30.3 Å². The summed E-state index contributed by atoms with van der Waals surface area (Å²) in [7, 11) is 0. The maximum absolute atomic E-state index is 12.4. The van der Waals surface area contributed by atoms with Crippen LogP contribution >= 0.6 is 0 Å². The molecule has 126 valence electrons. The number of benzene rings is 1. The second-order valence-corrected chi connectivity index (χ2v) is 6.93.